The van der Waals surface area contributed by atoms with Gasteiger partial charge in [-0.1, -0.05) is 6.07 Å². The molecule has 3 rings (SSSR count). The van der Waals surface area contributed by atoms with Gasteiger partial charge in [-0.05, 0) is 47.0 Å². The number of benzene rings is 1. The highest BCUT2D eigenvalue weighted by atomic mass is 32.2. The molecule has 0 amide bonds. The maximum Gasteiger partial charge on any atom is 0.246 e. The van der Waals surface area contributed by atoms with Crippen LogP contribution >= 0.6 is 11.3 Å². The standard InChI is InChI=1S/C16H19N5O3S2/c1-4-21-16(17-18-19-21)12-7-8-14(24-3)15(10-12)26(22,23)20(2)11-13-6-5-9-25-13/h5-10H,4,11H2,1-3H3. The number of thiophene rings is 1. The van der Waals surface area contributed by atoms with Gasteiger partial charge in [0.05, 0.1) is 7.11 Å². The zero-order valence-corrected chi connectivity index (χ0v) is 16.3. The summed E-state index contributed by atoms with van der Waals surface area (Å²) in [5.74, 6) is 0.787. The van der Waals surface area contributed by atoms with E-state index < -0.39 is 10.0 Å². The Bertz CT molecular complexity index is 983. The summed E-state index contributed by atoms with van der Waals surface area (Å²) in [5, 5.41) is 13.5. The van der Waals surface area contributed by atoms with Crippen molar-refractivity contribution < 1.29 is 13.2 Å². The van der Waals surface area contributed by atoms with Gasteiger partial charge >= 0.3 is 0 Å². The Labute approximate surface area is 156 Å². The lowest BCUT2D eigenvalue weighted by Gasteiger charge is -2.19. The van der Waals surface area contributed by atoms with Crippen LogP contribution in [0, 0.1) is 0 Å². The molecule has 0 bridgehead atoms. The molecule has 0 saturated carbocycles. The Morgan fingerprint density at radius 1 is 1.31 bits per heavy atom. The smallest absolute Gasteiger partial charge is 0.246 e. The molecule has 138 valence electrons. The average Bonchev–Trinajstić information content (AvgIpc) is 3.32. The van der Waals surface area contributed by atoms with Crippen LogP contribution in [0.15, 0.2) is 40.6 Å². The molecular weight excluding hydrogens is 374 g/mol. The Kier molecular flexibility index (Phi) is 5.35. The van der Waals surface area contributed by atoms with Gasteiger partial charge in [-0.2, -0.15) is 4.31 Å². The van der Waals surface area contributed by atoms with Crippen molar-refractivity contribution in [2.75, 3.05) is 14.2 Å². The number of rotatable bonds is 7. The second-order valence-corrected chi connectivity index (χ2v) is 8.57. The number of hydrogen-bond acceptors (Lipinski definition) is 7. The third-order valence-electron chi connectivity index (χ3n) is 3.90. The minimum Gasteiger partial charge on any atom is -0.495 e. The first-order chi connectivity index (χ1) is 12.5. The summed E-state index contributed by atoms with van der Waals surface area (Å²) in [5.41, 5.74) is 0.612. The summed E-state index contributed by atoms with van der Waals surface area (Å²) in [4.78, 5) is 1.04. The van der Waals surface area contributed by atoms with E-state index in [4.69, 9.17) is 4.74 Å². The molecule has 0 fully saturated rings. The number of hydrogen-bond donors (Lipinski definition) is 0. The van der Waals surface area contributed by atoms with Crippen molar-refractivity contribution in [3.8, 4) is 17.1 Å². The van der Waals surface area contributed by atoms with Crippen LogP contribution in [0.2, 0.25) is 0 Å². The summed E-state index contributed by atoms with van der Waals surface area (Å²) in [7, 11) is -0.753. The fourth-order valence-corrected chi connectivity index (χ4v) is 4.68. The number of nitrogens with zero attached hydrogens (tertiary/aromatic N) is 5. The van der Waals surface area contributed by atoms with Gasteiger partial charge in [0.15, 0.2) is 5.82 Å². The van der Waals surface area contributed by atoms with E-state index in [1.165, 1.54) is 22.8 Å². The molecule has 0 saturated heterocycles. The van der Waals surface area contributed by atoms with E-state index in [0.717, 1.165) is 4.88 Å². The lowest BCUT2D eigenvalue weighted by molar-refractivity contribution is 0.398. The van der Waals surface area contributed by atoms with E-state index in [1.54, 1.807) is 29.9 Å². The molecule has 0 radical (unpaired) electrons. The maximum absolute atomic E-state index is 13.1. The van der Waals surface area contributed by atoms with Crippen molar-refractivity contribution in [3.05, 3.63) is 40.6 Å². The highest BCUT2D eigenvalue weighted by Gasteiger charge is 2.26. The molecule has 0 spiro atoms. The molecule has 0 aliphatic carbocycles. The van der Waals surface area contributed by atoms with E-state index in [9.17, 15) is 8.42 Å². The summed E-state index contributed by atoms with van der Waals surface area (Å²) in [6.45, 7) is 2.78. The quantitative estimate of drug-likeness (QED) is 0.612. The van der Waals surface area contributed by atoms with Crippen molar-refractivity contribution in [3.63, 3.8) is 0 Å². The largest absolute Gasteiger partial charge is 0.495 e. The topological polar surface area (TPSA) is 90.2 Å². The van der Waals surface area contributed by atoms with Crippen LogP contribution in [-0.4, -0.2) is 47.1 Å². The van der Waals surface area contributed by atoms with E-state index >= 15 is 0 Å². The molecule has 0 aliphatic rings. The molecule has 3 aromatic rings. The number of methoxy groups -OCH3 is 1. The molecule has 0 aliphatic heterocycles. The first kappa shape index (κ1) is 18.5. The van der Waals surface area contributed by atoms with E-state index in [-0.39, 0.29) is 10.6 Å². The van der Waals surface area contributed by atoms with Gasteiger partial charge in [-0.25, -0.2) is 13.1 Å². The normalized spacial score (nSPS) is 11.8. The van der Waals surface area contributed by atoms with Gasteiger partial charge in [-0.3, -0.25) is 0 Å². The summed E-state index contributed by atoms with van der Waals surface area (Å²) in [6, 6.07) is 8.72. The fraction of sp³-hybridized carbons (Fsp3) is 0.312. The lowest BCUT2D eigenvalue weighted by atomic mass is 10.2. The summed E-state index contributed by atoms with van der Waals surface area (Å²) < 4.78 is 34.4. The van der Waals surface area contributed by atoms with Crippen LogP contribution in [0.3, 0.4) is 0 Å². The average molecular weight is 393 g/mol. The highest BCUT2D eigenvalue weighted by molar-refractivity contribution is 7.89. The van der Waals surface area contributed by atoms with Gasteiger partial charge in [-0.15, -0.1) is 16.4 Å². The Balaban J connectivity index is 2.03. The lowest BCUT2D eigenvalue weighted by Crippen LogP contribution is -2.26. The van der Waals surface area contributed by atoms with E-state index in [1.807, 2.05) is 24.4 Å². The second kappa shape index (κ2) is 7.52. The molecule has 0 atom stereocenters. The first-order valence-electron chi connectivity index (χ1n) is 7.90. The fourth-order valence-electron chi connectivity index (χ4n) is 2.52. The molecule has 2 heterocycles. The van der Waals surface area contributed by atoms with E-state index in [0.29, 0.717) is 24.5 Å². The first-order valence-corrected chi connectivity index (χ1v) is 10.2. The second-order valence-electron chi connectivity index (χ2n) is 5.52. The highest BCUT2D eigenvalue weighted by Crippen LogP contribution is 2.31. The molecule has 0 N–H and O–H groups in total. The van der Waals surface area contributed by atoms with Gasteiger partial charge < -0.3 is 4.74 Å². The summed E-state index contributed by atoms with van der Waals surface area (Å²) >= 11 is 1.51. The number of sulfonamides is 1. The predicted octanol–water partition coefficient (Wildman–Crippen LogP) is 2.25. The zero-order valence-electron chi connectivity index (χ0n) is 14.7. The van der Waals surface area contributed by atoms with Gasteiger partial charge in [0, 0.05) is 30.6 Å². The van der Waals surface area contributed by atoms with Crippen LogP contribution in [0.25, 0.3) is 11.4 Å². The Morgan fingerprint density at radius 3 is 2.77 bits per heavy atom. The SMILES string of the molecule is CCn1nnnc1-c1ccc(OC)c(S(=O)(=O)N(C)Cc2cccs2)c1. The zero-order chi connectivity index (χ0) is 18.7. The van der Waals surface area contributed by atoms with Crippen molar-refractivity contribution >= 4 is 21.4 Å². The summed E-state index contributed by atoms with van der Waals surface area (Å²) in [6.07, 6.45) is 0. The van der Waals surface area contributed by atoms with Crippen LogP contribution in [0.1, 0.15) is 11.8 Å². The number of tetrazole rings is 1. The van der Waals surface area contributed by atoms with Crippen LogP contribution in [-0.2, 0) is 23.1 Å². The van der Waals surface area contributed by atoms with Crippen molar-refractivity contribution in [2.45, 2.75) is 24.9 Å². The molecule has 2 aromatic heterocycles. The molecule has 8 nitrogen and oxygen atoms in total. The molecule has 0 unspecified atom stereocenters. The molecular formula is C16H19N5O3S2. The molecule has 10 heteroatoms. The Hall–Kier alpha value is -2.30. The minimum atomic E-state index is -3.75. The van der Waals surface area contributed by atoms with Crippen molar-refractivity contribution in [2.24, 2.45) is 0 Å². The van der Waals surface area contributed by atoms with Crippen LogP contribution in [0.4, 0.5) is 0 Å². The maximum atomic E-state index is 13.1. The van der Waals surface area contributed by atoms with Gasteiger partial charge in [0.1, 0.15) is 10.6 Å². The number of aryl methyl sites for hydroxylation is 1. The van der Waals surface area contributed by atoms with Gasteiger partial charge in [0.25, 0.3) is 0 Å². The van der Waals surface area contributed by atoms with E-state index in [2.05, 4.69) is 15.5 Å². The molecule has 26 heavy (non-hydrogen) atoms. The predicted molar refractivity (Wildman–Crippen MR) is 98.5 cm³/mol. The Morgan fingerprint density at radius 2 is 2.12 bits per heavy atom. The van der Waals surface area contributed by atoms with Crippen LogP contribution < -0.4 is 4.74 Å². The van der Waals surface area contributed by atoms with Crippen molar-refractivity contribution in [1.29, 1.82) is 0 Å². The number of aromatic nitrogens is 4. The molecule has 1 aromatic carbocycles. The van der Waals surface area contributed by atoms with Gasteiger partial charge in [0.2, 0.25) is 10.0 Å². The third kappa shape index (κ3) is 3.48. The monoisotopic (exact) mass is 393 g/mol. The third-order valence-corrected chi connectivity index (χ3v) is 6.59. The van der Waals surface area contributed by atoms with Crippen molar-refractivity contribution in [1.82, 2.24) is 24.5 Å². The van der Waals surface area contributed by atoms with Crippen LogP contribution in [0.5, 0.6) is 5.75 Å². The number of ether oxygens (including phenoxy) is 1. The minimum absolute atomic E-state index is 0.0854.